The highest BCUT2D eigenvalue weighted by molar-refractivity contribution is 5.76. The van der Waals surface area contributed by atoms with E-state index >= 15 is 0 Å². The molecule has 27 heavy (non-hydrogen) atoms. The van der Waals surface area contributed by atoms with Crippen LogP contribution in [0.4, 0.5) is 0 Å². The summed E-state index contributed by atoms with van der Waals surface area (Å²) >= 11 is 0. The highest BCUT2D eigenvalue weighted by Crippen LogP contribution is 2.31. The van der Waals surface area contributed by atoms with Gasteiger partial charge in [0.15, 0.2) is 0 Å². The van der Waals surface area contributed by atoms with Crippen molar-refractivity contribution in [3.8, 4) is 39.4 Å². The molecule has 2 nitrogen and oxygen atoms in total. The molecule has 4 aromatic rings. The Bertz CT molecular complexity index is 909. The summed E-state index contributed by atoms with van der Waals surface area (Å²) in [5.74, 6) is 0.257. The van der Waals surface area contributed by atoms with E-state index in [-0.39, 0.29) is 5.75 Å². The summed E-state index contributed by atoms with van der Waals surface area (Å²) in [5.41, 5.74) is 8.67. The van der Waals surface area contributed by atoms with E-state index in [0.29, 0.717) is 0 Å². The second-order valence-electron chi connectivity index (χ2n) is 6.91. The Kier molecular flexibility index (Phi) is 4.47. The number of hydrogen-bond acceptors (Lipinski definition) is 2. The van der Waals surface area contributed by atoms with Gasteiger partial charge in [-0.2, -0.15) is 0 Å². The van der Waals surface area contributed by atoms with Crippen molar-refractivity contribution in [2.45, 2.75) is 13.8 Å². The molecule has 0 saturated carbocycles. The van der Waals surface area contributed by atoms with Crippen molar-refractivity contribution in [3.05, 3.63) is 96.1 Å². The summed E-state index contributed by atoms with van der Waals surface area (Å²) in [5, 5.41) is 9.60. The molecule has 0 radical (unpaired) electrons. The normalized spacial score (nSPS) is 10.7. The minimum atomic E-state index is 0.257. The van der Waals surface area contributed by atoms with Crippen LogP contribution in [-0.2, 0) is 0 Å². The molecule has 0 aliphatic carbocycles. The topological polar surface area (TPSA) is 33.1 Å². The Morgan fingerprint density at radius 3 is 1.41 bits per heavy atom. The van der Waals surface area contributed by atoms with E-state index in [1.54, 1.807) is 12.1 Å². The lowest BCUT2D eigenvalue weighted by atomic mass is 9.99. The molecule has 0 unspecified atom stereocenters. The minimum Gasteiger partial charge on any atom is -0.508 e. The predicted molar refractivity (Wildman–Crippen MR) is 112 cm³/mol. The maximum atomic E-state index is 9.60. The van der Waals surface area contributed by atoms with Gasteiger partial charge in [-0.25, -0.2) is 4.98 Å². The van der Waals surface area contributed by atoms with Crippen LogP contribution in [0.2, 0.25) is 0 Å². The molecule has 0 spiro atoms. The van der Waals surface area contributed by atoms with E-state index in [4.69, 9.17) is 4.98 Å². The van der Waals surface area contributed by atoms with Crippen molar-refractivity contribution >= 4 is 0 Å². The van der Waals surface area contributed by atoms with Gasteiger partial charge in [0.2, 0.25) is 0 Å². The first-order valence-corrected chi connectivity index (χ1v) is 9.04. The monoisotopic (exact) mass is 351 g/mol. The number of hydrogen-bond donors (Lipinski definition) is 1. The summed E-state index contributed by atoms with van der Waals surface area (Å²) in [6, 6.07) is 28.4. The Labute approximate surface area is 159 Å². The van der Waals surface area contributed by atoms with Gasteiger partial charge in [0.25, 0.3) is 0 Å². The number of nitrogens with zero attached hydrogens (tertiary/aromatic N) is 1. The highest BCUT2D eigenvalue weighted by Gasteiger charge is 2.09. The summed E-state index contributed by atoms with van der Waals surface area (Å²) in [7, 11) is 0. The third-order valence-electron chi connectivity index (χ3n) is 4.72. The molecule has 0 bridgehead atoms. The zero-order chi connectivity index (χ0) is 18.8. The lowest BCUT2D eigenvalue weighted by molar-refractivity contribution is 0.475. The van der Waals surface area contributed by atoms with Gasteiger partial charge in [-0.1, -0.05) is 59.7 Å². The SMILES string of the molecule is Cc1ccc(-c2cc(-c3ccc(C)cc3)nc(-c3ccc(O)cc3)c2)cc1. The number of pyridine rings is 1. The number of aromatic nitrogens is 1. The second-order valence-corrected chi connectivity index (χ2v) is 6.91. The third kappa shape index (κ3) is 3.75. The Morgan fingerprint density at radius 2 is 0.926 bits per heavy atom. The molecule has 0 saturated heterocycles. The molecule has 0 atom stereocenters. The van der Waals surface area contributed by atoms with Crippen molar-refractivity contribution < 1.29 is 5.11 Å². The number of aryl methyl sites for hydroxylation is 2. The number of phenolic OH excluding ortho intramolecular Hbond substituents is 1. The Morgan fingerprint density at radius 1 is 0.519 bits per heavy atom. The van der Waals surface area contributed by atoms with Crippen molar-refractivity contribution in [2.24, 2.45) is 0 Å². The van der Waals surface area contributed by atoms with Crippen LogP contribution in [0.25, 0.3) is 33.6 Å². The molecule has 0 fully saturated rings. The van der Waals surface area contributed by atoms with Gasteiger partial charge in [-0.3, -0.25) is 0 Å². The third-order valence-corrected chi connectivity index (χ3v) is 4.72. The number of aromatic hydroxyl groups is 1. The molecule has 0 aliphatic heterocycles. The Balaban J connectivity index is 1.89. The summed E-state index contributed by atoms with van der Waals surface area (Å²) in [6.45, 7) is 4.18. The van der Waals surface area contributed by atoms with Crippen LogP contribution in [0.3, 0.4) is 0 Å². The molecular formula is C25H21NO. The molecule has 1 N–H and O–H groups in total. The molecule has 3 aromatic carbocycles. The Hall–Kier alpha value is -3.39. The van der Waals surface area contributed by atoms with E-state index in [1.807, 2.05) is 12.1 Å². The lowest BCUT2D eigenvalue weighted by Crippen LogP contribution is -1.91. The fourth-order valence-corrected chi connectivity index (χ4v) is 3.10. The van der Waals surface area contributed by atoms with Gasteiger partial charge in [-0.05, 0) is 61.4 Å². The van der Waals surface area contributed by atoms with E-state index in [9.17, 15) is 5.11 Å². The maximum Gasteiger partial charge on any atom is 0.115 e. The molecule has 4 rings (SSSR count). The van der Waals surface area contributed by atoms with Crippen LogP contribution in [0.15, 0.2) is 84.9 Å². The number of benzene rings is 3. The van der Waals surface area contributed by atoms with Crippen LogP contribution < -0.4 is 0 Å². The minimum absolute atomic E-state index is 0.257. The van der Waals surface area contributed by atoms with Crippen molar-refractivity contribution in [1.29, 1.82) is 0 Å². The average molecular weight is 351 g/mol. The van der Waals surface area contributed by atoms with Crippen molar-refractivity contribution in [1.82, 2.24) is 4.98 Å². The first-order chi connectivity index (χ1) is 13.1. The van der Waals surface area contributed by atoms with E-state index < -0.39 is 0 Å². The molecular weight excluding hydrogens is 330 g/mol. The van der Waals surface area contributed by atoms with Gasteiger partial charge in [0.1, 0.15) is 5.75 Å². The lowest BCUT2D eigenvalue weighted by Gasteiger charge is -2.11. The van der Waals surface area contributed by atoms with Crippen LogP contribution >= 0.6 is 0 Å². The van der Waals surface area contributed by atoms with E-state index in [2.05, 4.69) is 74.5 Å². The fraction of sp³-hybridized carbons (Fsp3) is 0.0800. The molecule has 1 aromatic heterocycles. The summed E-state index contributed by atoms with van der Waals surface area (Å²) in [4.78, 5) is 4.89. The van der Waals surface area contributed by atoms with Gasteiger partial charge >= 0.3 is 0 Å². The molecule has 1 heterocycles. The number of phenols is 1. The largest absolute Gasteiger partial charge is 0.508 e. The maximum absolute atomic E-state index is 9.60. The fourth-order valence-electron chi connectivity index (χ4n) is 3.10. The van der Waals surface area contributed by atoms with Crippen LogP contribution in [0.1, 0.15) is 11.1 Å². The molecule has 132 valence electrons. The standard InChI is InChI=1S/C25H21NO/c1-17-3-7-19(8-4-17)22-15-24(20-9-5-18(2)6-10-20)26-25(16-22)21-11-13-23(27)14-12-21/h3-16,27H,1-2H3. The first kappa shape index (κ1) is 17.0. The summed E-state index contributed by atoms with van der Waals surface area (Å²) < 4.78 is 0. The van der Waals surface area contributed by atoms with Crippen LogP contribution in [-0.4, -0.2) is 10.1 Å². The molecule has 0 amide bonds. The molecule has 2 heteroatoms. The quantitative estimate of drug-likeness (QED) is 0.463. The smallest absolute Gasteiger partial charge is 0.115 e. The van der Waals surface area contributed by atoms with E-state index in [0.717, 1.165) is 33.6 Å². The van der Waals surface area contributed by atoms with Gasteiger partial charge < -0.3 is 5.11 Å². The first-order valence-electron chi connectivity index (χ1n) is 9.04. The number of rotatable bonds is 3. The van der Waals surface area contributed by atoms with Gasteiger partial charge in [0, 0.05) is 11.1 Å². The zero-order valence-corrected chi connectivity index (χ0v) is 15.5. The van der Waals surface area contributed by atoms with Gasteiger partial charge in [-0.15, -0.1) is 0 Å². The van der Waals surface area contributed by atoms with E-state index in [1.165, 1.54) is 11.1 Å². The van der Waals surface area contributed by atoms with Crippen LogP contribution in [0.5, 0.6) is 5.75 Å². The van der Waals surface area contributed by atoms with Crippen LogP contribution in [0, 0.1) is 13.8 Å². The van der Waals surface area contributed by atoms with Crippen molar-refractivity contribution in [3.63, 3.8) is 0 Å². The van der Waals surface area contributed by atoms with Gasteiger partial charge in [0.05, 0.1) is 11.4 Å². The molecule has 0 aliphatic rings. The second kappa shape index (κ2) is 7.08. The summed E-state index contributed by atoms with van der Waals surface area (Å²) in [6.07, 6.45) is 0. The predicted octanol–water partition coefficient (Wildman–Crippen LogP) is 6.41. The van der Waals surface area contributed by atoms with Crippen molar-refractivity contribution in [2.75, 3.05) is 0 Å². The highest BCUT2D eigenvalue weighted by atomic mass is 16.3. The average Bonchev–Trinajstić information content (AvgIpc) is 2.69. The zero-order valence-electron chi connectivity index (χ0n) is 15.5.